The van der Waals surface area contributed by atoms with E-state index in [0.717, 1.165) is 23.5 Å². The fourth-order valence-corrected chi connectivity index (χ4v) is 2.89. The molecule has 0 bridgehead atoms. The maximum absolute atomic E-state index is 5.90. The van der Waals surface area contributed by atoms with Gasteiger partial charge in [0.15, 0.2) is 11.0 Å². The van der Waals surface area contributed by atoms with Gasteiger partial charge in [0.1, 0.15) is 0 Å². The largest absolute Gasteiger partial charge is 0.364 e. The van der Waals surface area contributed by atoms with Gasteiger partial charge in [-0.2, -0.15) is 8.75 Å². The van der Waals surface area contributed by atoms with Crippen molar-refractivity contribution in [3.63, 3.8) is 0 Å². The zero-order valence-electron chi connectivity index (χ0n) is 8.87. The van der Waals surface area contributed by atoms with Crippen molar-refractivity contribution in [3.05, 3.63) is 5.15 Å². The first-order valence-corrected chi connectivity index (χ1v) is 6.63. The van der Waals surface area contributed by atoms with Crippen LogP contribution in [0.2, 0.25) is 5.15 Å². The van der Waals surface area contributed by atoms with Crippen LogP contribution in [0.4, 0.5) is 5.82 Å². The normalized spacial score (nSPS) is 20.1. The standard InChI is InChI=1S/C10H16ClN3S/c1-7(8-5-3-2-4-6-8)12-10-9(11)13-15-14-10/h7-8H,2-6H2,1H3,(H,12,14). The number of nitrogens with zero attached hydrogens (tertiary/aromatic N) is 2. The summed E-state index contributed by atoms with van der Waals surface area (Å²) < 4.78 is 8.09. The number of nitrogens with one attached hydrogen (secondary N) is 1. The molecule has 1 aromatic heterocycles. The Hall–Kier alpha value is -0.350. The molecule has 1 aliphatic rings. The Morgan fingerprint density at radius 3 is 2.67 bits per heavy atom. The smallest absolute Gasteiger partial charge is 0.186 e. The van der Waals surface area contributed by atoms with Gasteiger partial charge in [-0.1, -0.05) is 30.9 Å². The van der Waals surface area contributed by atoms with Crippen molar-refractivity contribution in [3.8, 4) is 0 Å². The molecule has 0 spiro atoms. The molecule has 3 nitrogen and oxygen atoms in total. The fraction of sp³-hybridized carbons (Fsp3) is 0.800. The van der Waals surface area contributed by atoms with Crippen molar-refractivity contribution >= 4 is 29.1 Å². The van der Waals surface area contributed by atoms with Gasteiger partial charge in [-0.3, -0.25) is 0 Å². The van der Waals surface area contributed by atoms with E-state index in [1.165, 1.54) is 32.1 Å². The average Bonchev–Trinajstić information content (AvgIpc) is 2.66. The highest BCUT2D eigenvalue weighted by atomic mass is 35.5. The number of hydrogen-bond acceptors (Lipinski definition) is 4. The lowest BCUT2D eigenvalue weighted by atomic mass is 9.84. The molecule has 2 rings (SSSR count). The summed E-state index contributed by atoms with van der Waals surface area (Å²) in [5.74, 6) is 1.51. The maximum atomic E-state index is 5.90. The minimum atomic E-state index is 0.451. The van der Waals surface area contributed by atoms with E-state index in [-0.39, 0.29) is 0 Å². The van der Waals surface area contributed by atoms with Gasteiger partial charge in [0.05, 0.1) is 11.7 Å². The lowest BCUT2D eigenvalue weighted by molar-refractivity contribution is 0.328. The molecule has 0 saturated heterocycles. The third-order valence-electron chi connectivity index (χ3n) is 3.17. The number of halogens is 1. The van der Waals surface area contributed by atoms with E-state index < -0.39 is 0 Å². The van der Waals surface area contributed by atoms with Crippen molar-refractivity contribution in [2.75, 3.05) is 5.32 Å². The fourth-order valence-electron chi connectivity index (χ4n) is 2.23. The van der Waals surface area contributed by atoms with Crippen LogP contribution in [0.1, 0.15) is 39.0 Å². The van der Waals surface area contributed by atoms with Crippen LogP contribution in [0, 0.1) is 5.92 Å². The molecule has 1 aromatic rings. The van der Waals surface area contributed by atoms with Crippen LogP contribution in [0.15, 0.2) is 0 Å². The van der Waals surface area contributed by atoms with Crippen molar-refractivity contribution < 1.29 is 0 Å². The van der Waals surface area contributed by atoms with Crippen LogP contribution in [-0.2, 0) is 0 Å². The topological polar surface area (TPSA) is 37.8 Å². The highest BCUT2D eigenvalue weighted by Crippen LogP contribution is 2.29. The van der Waals surface area contributed by atoms with E-state index in [1.54, 1.807) is 0 Å². The third-order valence-corrected chi connectivity index (χ3v) is 4.06. The van der Waals surface area contributed by atoms with Crippen LogP contribution in [0.25, 0.3) is 0 Å². The van der Waals surface area contributed by atoms with E-state index in [2.05, 4.69) is 21.0 Å². The van der Waals surface area contributed by atoms with E-state index in [9.17, 15) is 0 Å². The van der Waals surface area contributed by atoms with E-state index >= 15 is 0 Å². The van der Waals surface area contributed by atoms with Gasteiger partial charge in [0, 0.05) is 6.04 Å². The second kappa shape index (κ2) is 5.12. The lowest BCUT2D eigenvalue weighted by Gasteiger charge is -2.28. The molecule has 1 atom stereocenters. The Labute approximate surface area is 99.6 Å². The molecule has 1 saturated carbocycles. The molecular weight excluding hydrogens is 230 g/mol. The molecule has 1 N–H and O–H groups in total. The first-order chi connectivity index (χ1) is 7.27. The van der Waals surface area contributed by atoms with Gasteiger partial charge < -0.3 is 5.32 Å². The molecule has 84 valence electrons. The number of hydrogen-bond donors (Lipinski definition) is 1. The van der Waals surface area contributed by atoms with Crippen LogP contribution in [0.3, 0.4) is 0 Å². The monoisotopic (exact) mass is 245 g/mol. The van der Waals surface area contributed by atoms with Crippen LogP contribution < -0.4 is 5.32 Å². The summed E-state index contributed by atoms with van der Waals surface area (Å²) in [6, 6.07) is 0.451. The maximum Gasteiger partial charge on any atom is 0.186 e. The molecule has 0 aromatic carbocycles. The van der Waals surface area contributed by atoms with Crippen molar-refractivity contribution in [2.45, 2.75) is 45.1 Å². The minimum absolute atomic E-state index is 0.451. The molecule has 1 unspecified atom stereocenters. The predicted octanol–water partition coefficient (Wildman–Crippen LogP) is 3.57. The molecular formula is C10H16ClN3S. The van der Waals surface area contributed by atoms with Gasteiger partial charge in [-0.25, -0.2) is 0 Å². The second-order valence-corrected chi connectivity index (χ2v) is 5.12. The molecule has 1 aliphatic carbocycles. The predicted molar refractivity (Wildman–Crippen MR) is 64.6 cm³/mol. The van der Waals surface area contributed by atoms with Gasteiger partial charge in [-0.15, -0.1) is 0 Å². The second-order valence-electron chi connectivity index (χ2n) is 4.23. The van der Waals surface area contributed by atoms with Crippen LogP contribution in [0.5, 0.6) is 0 Å². The Morgan fingerprint density at radius 2 is 2.07 bits per heavy atom. The molecule has 0 radical (unpaired) electrons. The summed E-state index contributed by atoms with van der Waals surface area (Å²) in [6.45, 7) is 2.21. The van der Waals surface area contributed by atoms with E-state index in [1.807, 2.05) is 0 Å². The van der Waals surface area contributed by atoms with Crippen molar-refractivity contribution in [1.29, 1.82) is 0 Å². The summed E-state index contributed by atoms with van der Waals surface area (Å²) in [5, 5.41) is 3.87. The first kappa shape index (κ1) is 11.1. The third kappa shape index (κ3) is 2.82. The Morgan fingerprint density at radius 1 is 1.33 bits per heavy atom. The first-order valence-electron chi connectivity index (χ1n) is 5.52. The van der Waals surface area contributed by atoms with Crippen molar-refractivity contribution in [2.24, 2.45) is 5.92 Å². The zero-order valence-corrected chi connectivity index (χ0v) is 10.4. The Balaban J connectivity index is 1.91. The molecule has 1 heterocycles. The lowest BCUT2D eigenvalue weighted by Crippen LogP contribution is -2.27. The molecule has 0 aliphatic heterocycles. The molecule has 15 heavy (non-hydrogen) atoms. The van der Waals surface area contributed by atoms with Gasteiger partial charge in [0.25, 0.3) is 0 Å². The highest BCUT2D eigenvalue weighted by molar-refractivity contribution is 6.99. The highest BCUT2D eigenvalue weighted by Gasteiger charge is 2.21. The zero-order chi connectivity index (χ0) is 10.7. The Bertz CT molecular complexity index is 309. The van der Waals surface area contributed by atoms with E-state index in [4.69, 9.17) is 11.6 Å². The van der Waals surface area contributed by atoms with Gasteiger partial charge in [0.2, 0.25) is 0 Å². The summed E-state index contributed by atoms with van der Waals surface area (Å²) >= 11 is 7.06. The summed E-state index contributed by atoms with van der Waals surface area (Å²) in [4.78, 5) is 0. The Kier molecular flexibility index (Phi) is 3.81. The molecule has 0 amide bonds. The summed E-state index contributed by atoms with van der Waals surface area (Å²) in [6.07, 6.45) is 6.76. The number of anilines is 1. The van der Waals surface area contributed by atoms with Crippen molar-refractivity contribution in [1.82, 2.24) is 8.75 Å². The summed E-state index contributed by atoms with van der Waals surface area (Å²) in [5.41, 5.74) is 0. The van der Waals surface area contributed by atoms with Crippen LogP contribution >= 0.6 is 23.3 Å². The number of aromatic nitrogens is 2. The quantitative estimate of drug-likeness (QED) is 0.885. The summed E-state index contributed by atoms with van der Waals surface area (Å²) in [7, 11) is 0. The molecule has 1 fully saturated rings. The average molecular weight is 246 g/mol. The number of rotatable bonds is 3. The van der Waals surface area contributed by atoms with Crippen LogP contribution in [-0.4, -0.2) is 14.8 Å². The van der Waals surface area contributed by atoms with Gasteiger partial charge >= 0.3 is 0 Å². The minimum Gasteiger partial charge on any atom is -0.364 e. The SMILES string of the molecule is CC(Nc1nsnc1Cl)C1CCCCC1. The van der Waals surface area contributed by atoms with Gasteiger partial charge in [-0.05, 0) is 25.7 Å². The molecule has 5 heteroatoms. The van der Waals surface area contributed by atoms with E-state index in [0.29, 0.717) is 11.2 Å².